The smallest absolute Gasteiger partial charge is 0.352 e. The number of anilines is 1. The molecular formula is C17H17N13O5S3. The molecule has 5 heterocycles. The van der Waals surface area contributed by atoms with Gasteiger partial charge in [-0.3, -0.25) is 14.5 Å². The Labute approximate surface area is 224 Å². The van der Waals surface area contributed by atoms with Crippen molar-refractivity contribution in [3.05, 3.63) is 28.2 Å². The van der Waals surface area contributed by atoms with Crippen LogP contribution in [0.5, 0.6) is 0 Å². The van der Waals surface area contributed by atoms with Crippen molar-refractivity contribution in [2.45, 2.75) is 23.1 Å². The summed E-state index contributed by atoms with van der Waals surface area (Å²) in [5, 5.41) is 43.0. The van der Waals surface area contributed by atoms with Crippen LogP contribution >= 0.6 is 34.9 Å². The number of hydrogen-bond donors (Lipinski definition) is 4. The fourth-order valence-corrected chi connectivity index (χ4v) is 6.39. The van der Waals surface area contributed by atoms with Crippen molar-refractivity contribution >= 4 is 63.5 Å². The number of tetrazole rings is 2. The molecule has 0 spiro atoms. The lowest BCUT2D eigenvalue weighted by atomic mass is 10.0. The highest BCUT2D eigenvalue weighted by Gasteiger charge is 2.54. The summed E-state index contributed by atoms with van der Waals surface area (Å²) < 4.78 is 0. The Morgan fingerprint density at radius 3 is 2.95 bits per heavy atom. The van der Waals surface area contributed by atoms with Crippen molar-refractivity contribution in [3.63, 3.8) is 0 Å². The summed E-state index contributed by atoms with van der Waals surface area (Å²) in [5.41, 5.74) is 6.06. The molecule has 0 radical (unpaired) electrons. The van der Waals surface area contributed by atoms with E-state index in [1.165, 1.54) is 45.7 Å². The van der Waals surface area contributed by atoms with Gasteiger partial charge < -0.3 is 21.0 Å². The van der Waals surface area contributed by atoms with E-state index in [9.17, 15) is 19.5 Å². The number of nitrogen functional groups attached to an aromatic ring is 1. The predicted molar refractivity (Wildman–Crippen MR) is 132 cm³/mol. The molecule has 0 aromatic carbocycles. The van der Waals surface area contributed by atoms with Crippen LogP contribution in [0.2, 0.25) is 0 Å². The number of β-lactam (4-membered cyclic amide) rings is 1. The van der Waals surface area contributed by atoms with Gasteiger partial charge in [-0.1, -0.05) is 16.9 Å². The molecule has 5 rings (SSSR count). The fraction of sp³-hybridized carbons (Fsp3) is 0.353. The van der Waals surface area contributed by atoms with E-state index >= 15 is 0 Å². The monoisotopic (exact) mass is 579 g/mol. The Hall–Kier alpha value is -4.11. The number of fused-ring (bicyclic) bond motifs is 1. The maximum absolute atomic E-state index is 13.0. The first kappa shape index (κ1) is 25.5. The molecule has 3 aromatic heterocycles. The summed E-state index contributed by atoms with van der Waals surface area (Å²) in [6.45, 7) is 0.184. The second-order valence-electron chi connectivity index (χ2n) is 7.55. The largest absolute Gasteiger partial charge is 0.477 e. The fourth-order valence-electron chi connectivity index (χ4n) is 3.58. The van der Waals surface area contributed by atoms with E-state index in [1.54, 1.807) is 0 Å². The van der Waals surface area contributed by atoms with Gasteiger partial charge in [-0.25, -0.2) is 14.9 Å². The SMILES string of the molecule is CON=C(C(=O)N[C@@H]1C(=O)N2C(C(=O)O)=C(CSc3nnn(Cc4nnn[nH]4)n3)CS[C@@H]12)c1csc(N)n1. The Morgan fingerprint density at radius 2 is 2.26 bits per heavy atom. The van der Waals surface area contributed by atoms with E-state index < -0.39 is 29.2 Å². The minimum Gasteiger partial charge on any atom is -0.477 e. The number of amides is 2. The van der Waals surface area contributed by atoms with Crippen LogP contribution in [0, 0.1) is 0 Å². The third-order valence-electron chi connectivity index (χ3n) is 5.19. The minimum absolute atomic E-state index is 0.130. The molecule has 38 heavy (non-hydrogen) atoms. The predicted octanol–water partition coefficient (Wildman–Crippen LogP) is -1.85. The lowest BCUT2D eigenvalue weighted by molar-refractivity contribution is -0.150. The van der Waals surface area contributed by atoms with E-state index in [4.69, 9.17) is 10.6 Å². The summed E-state index contributed by atoms with van der Waals surface area (Å²) >= 11 is 3.62. The zero-order chi connectivity index (χ0) is 26.8. The van der Waals surface area contributed by atoms with Gasteiger partial charge in [0.2, 0.25) is 5.16 Å². The second kappa shape index (κ2) is 10.7. The first-order chi connectivity index (χ1) is 18.4. The van der Waals surface area contributed by atoms with Gasteiger partial charge in [0.05, 0.1) is 0 Å². The average molecular weight is 580 g/mol. The van der Waals surface area contributed by atoms with Gasteiger partial charge in [-0.15, -0.1) is 38.4 Å². The molecule has 198 valence electrons. The number of carbonyl (C=O) groups is 3. The third-order valence-corrected chi connectivity index (χ3v) is 8.12. The van der Waals surface area contributed by atoms with E-state index in [0.29, 0.717) is 22.3 Å². The van der Waals surface area contributed by atoms with Crippen LogP contribution in [-0.2, 0) is 25.8 Å². The number of nitrogens with one attached hydrogen (secondary N) is 2. The highest BCUT2D eigenvalue weighted by Crippen LogP contribution is 2.41. The van der Waals surface area contributed by atoms with Crippen LogP contribution < -0.4 is 11.1 Å². The quantitative estimate of drug-likeness (QED) is 0.0891. The van der Waals surface area contributed by atoms with Gasteiger partial charge in [0.25, 0.3) is 11.8 Å². The van der Waals surface area contributed by atoms with Gasteiger partial charge in [-0.2, -0.15) is 4.80 Å². The van der Waals surface area contributed by atoms with Gasteiger partial charge in [0, 0.05) is 16.9 Å². The molecule has 2 aliphatic rings. The maximum Gasteiger partial charge on any atom is 0.352 e. The molecular weight excluding hydrogens is 562 g/mol. The number of nitrogens with two attached hydrogens (primary N) is 1. The van der Waals surface area contributed by atoms with E-state index in [1.807, 2.05) is 0 Å². The molecule has 1 saturated heterocycles. The third kappa shape index (κ3) is 5.02. The van der Waals surface area contributed by atoms with Crippen molar-refractivity contribution in [2.75, 3.05) is 24.3 Å². The lowest BCUT2D eigenvalue weighted by Crippen LogP contribution is -2.71. The molecule has 2 atom stereocenters. The lowest BCUT2D eigenvalue weighted by Gasteiger charge is -2.49. The summed E-state index contributed by atoms with van der Waals surface area (Å²) in [5.74, 6) is -1.54. The number of thioether (sulfide) groups is 2. The van der Waals surface area contributed by atoms with Gasteiger partial charge in [0.1, 0.15) is 36.5 Å². The highest BCUT2D eigenvalue weighted by atomic mass is 32.2. The Kier molecular flexibility index (Phi) is 7.20. The number of aliphatic carboxylic acids is 1. The molecule has 2 aliphatic heterocycles. The summed E-state index contributed by atoms with van der Waals surface area (Å²) in [6.07, 6.45) is 0. The molecule has 5 N–H and O–H groups in total. The van der Waals surface area contributed by atoms with Gasteiger partial charge in [-0.05, 0) is 21.2 Å². The number of nitrogens with zero attached hydrogens (tertiary/aromatic N) is 10. The van der Waals surface area contributed by atoms with Crippen molar-refractivity contribution in [3.8, 4) is 0 Å². The van der Waals surface area contributed by atoms with Crippen LogP contribution in [-0.4, -0.2) is 109 Å². The number of aromatic nitrogens is 9. The highest BCUT2D eigenvalue weighted by molar-refractivity contribution is 8.01. The standard InChI is InChI=1S/C17H17N13O5S3/c1-35-25-9(7-5-37-16(18)19-7)12(31)20-10-13(32)30-11(15(33)34)6(3-36-14(10)30)4-38-17-23-28-29(24-17)2-8-21-26-27-22-8/h5,10,14H,2-4H2,1H3,(H2,18,19)(H,20,31)(H,33,34)(H,21,22,26,27)/t10-,14+/m1/s1. The van der Waals surface area contributed by atoms with Crippen molar-refractivity contribution < 1.29 is 24.3 Å². The Morgan fingerprint density at radius 1 is 1.42 bits per heavy atom. The van der Waals surface area contributed by atoms with Crippen LogP contribution in [0.4, 0.5) is 5.13 Å². The number of H-pyrrole nitrogens is 1. The van der Waals surface area contributed by atoms with Gasteiger partial charge in [0.15, 0.2) is 16.7 Å². The van der Waals surface area contributed by atoms with E-state index in [2.05, 4.69) is 51.5 Å². The van der Waals surface area contributed by atoms with Crippen molar-refractivity contribution in [1.82, 2.24) is 56.0 Å². The molecule has 0 saturated carbocycles. The number of rotatable bonds is 10. The zero-order valence-corrected chi connectivity index (χ0v) is 21.7. The second-order valence-corrected chi connectivity index (χ2v) is 10.5. The number of carbonyl (C=O) groups excluding carboxylic acids is 2. The number of carboxylic acids is 1. The average Bonchev–Trinajstić information content (AvgIpc) is 3.67. The Balaban J connectivity index is 1.26. The first-order valence-electron chi connectivity index (χ1n) is 10.5. The molecule has 0 bridgehead atoms. The molecule has 0 unspecified atom stereocenters. The van der Waals surface area contributed by atoms with Gasteiger partial charge >= 0.3 is 5.97 Å². The maximum atomic E-state index is 13.0. The molecule has 2 amide bonds. The van der Waals surface area contributed by atoms with E-state index in [-0.39, 0.29) is 34.5 Å². The first-order valence-corrected chi connectivity index (χ1v) is 13.4. The van der Waals surface area contributed by atoms with Crippen molar-refractivity contribution in [2.24, 2.45) is 5.16 Å². The molecule has 0 aliphatic carbocycles. The van der Waals surface area contributed by atoms with E-state index in [0.717, 1.165) is 11.3 Å². The van der Waals surface area contributed by atoms with Crippen LogP contribution in [0.3, 0.4) is 0 Å². The minimum atomic E-state index is -1.25. The molecule has 21 heteroatoms. The van der Waals surface area contributed by atoms with Crippen LogP contribution in [0.15, 0.2) is 27.0 Å². The van der Waals surface area contributed by atoms with Crippen LogP contribution in [0.25, 0.3) is 0 Å². The number of hydrogen-bond acceptors (Lipinski definition) is 16. The van der Waals surface area contributed by atoms with Crippen LogP contribution in [0.1, 0.15) is 11.5 Å². The molecule has 1 fully saturated rings. The Bertz CT molecular complexity index is 1430. The zero-order valence-electron chi connectivity index (χ0n) is 19.2. The normalized spacial score (nSPS) is 19.2. The van der Waals surface area contributed by atoms with Crippen molar-refractivity contribution in [1.29, 1.82) is 0 Å². The summed E-state index contributed by atoms with van der Waals surface area (Å²) in [6, 6.07) is -0.957. The summed E-state index contributed by atoms with van der Waals surface area (Å²) in [7, 11) is 1.27. The number of oxime groups is 1. The summed E-state index contributed by atoms with van der Waals surface area (Å²) in [4.78, 5) is 49.2. The number of aromatic amines is 1. The topological polar surface area (TPSA) is 245 Å². The molecule has 3 aromatic rings. The number of carboxylic acid groups (broad SMARTS) is 1. The molecule has 18 nitrogen and oxygen atoms in total. The number of thiazole rings is 1.